The minimum atomic E-state index is -4.68. The van der Waals surface area contributed by atoms with Gasteiger partial charge in [0.1, 0.15) is 39.7 Å². The molecular weight excluding hydrogens is 651 g/mol. The van der Waals surface area contributed by atoms with Crippen LogP contribution in [0.5, 0.6) is 5.75 Å². The summed E-state index contributed by atoms with van der Waals surface area (Å²) in [4.78, 5) is 36.7. The number of ether oxygens (including phenoxy) is 1. The van der Waals surface area contributed by atoms with Crippen molar-refractivity contribution in [1.82, 2.24) is 29.0 Å². The van der Waals surface area contributed by atoms with Gasteiger partial charge in [0.25, 0.3) is 11.8 Å². The fraction of sp³-hybridized carbons (Fsp3) is 0.433. The van der Waals surface area contributed by atoms with Gasteiger partial charge < -0.3 is 20.7 Å². The smallest absolute Gasteiger partial charge is 0.433 e. The van der Waals surface area contributed by atoms with Crippen LogP contribution in [-0.4, -0.2) is 66.0 Å². The summed E-state index contributed by atoms with van der Waals surface area (Å²) in [6.45, 7) is 1.93. The molecule has 0 bridgehead atoms. The highest BCUT2D eigenvalue weighted by Gasteiger charge is 2.77. The molecule has 5 heterocycles. The van der Waals surface area contributed by atoms with Crippen LogP contribution in [0, 0.1) is 5.41 Å². The maximum atomic E-state index is 15.3. The number of benzene rings is 1. The van der Waals surface area contributed by atoms with Crippen LogP contribution in [0.25, 0.3) is 16.8 Å². The number of piperidine rings is 1. The summed E-state index contributed by atoms with van der Waals surface area (Å²) in [7, 11) is 1.10. The third kappa shape index (κ3) is 4.70. The molecule has 4 aromatic rings. The van der Waals surface area contributed by atoms with Gasteiger partial charge in [-0.05, 0) is 44.7 Å². The minimum Gasteiger partial charge on any atom is -0.493 e. The first kappa shape index (κ1) is 31.1. The van der Waals surface area contributed by atoms with Crippen LogP contribution in [0.3, 0.4) is 0 Å². The molecular formula is C30H28ClF5N8O3. The number of aromatic nitrogens is 5. The van der Waals surface area contributed by atoms with Crippen molar-refractivity contribution in [3.05, 3.63) is 52.7 Å². The molecule has 7 rings (SSSR count). The number of alkyl halides is 5. The first-order chi connectivity index (χ1) is 22.2. The lowest BCUT2D eigenvalue weighted by Gasteiger charge is -2.36. The van der Waals surface area contributed by atoms with Crippen LogP contribution in [0.2, 0.25) is 5.02 Å². The fourth-order valence-corrected chi connectivity index (χ4v) is 7.17. The number of aryl methyl sites for hydroxylation is 1. The molecule has 1 aromatic carbocycles. The summed E-state index contributed by atoms with van der Waals surface area (Å²) in [5.41, 5.74) is 4.59. The molecule has 2 amide bonds. The number of hydrogen-bond acceptors (Lipinski definition) is 7. The van der Waals surface area contributed by atoms with E-state index in [0.29, 0.717) is 39.8 Å². The Labute approximate surface area is 268 Å². The minimum absolute atomic E-state index is 0.0589. The number of hydrogen-bond donors (Lipinski definition) is 2. The van der Waals surface area contributed by atoms with Crippen LogP contribution in [0.4, 0.5) is 33.6 Å². The molecule has 3 aliphatic rings. The number of nitrogens with one attached hydrogen (secondary N) is 1. The molecule has 17 heteroatoms. The highest BCUT2D eigenvalue weighted by Crippen LogP contribution is 2.65. The van der Waals surface area contributed by atoms with Crippen LogP contribution in [0.1, 0.15) is 60.4 Å². The van der Waals surface area contributed by atoms with Gasteiger partial charge in [0.05, 0.1) is 23.2 Å². The quantitative estimate of drug-likeness (QED) is 0.256. The Balaban J connectivity index is 1.26. The summed E-state index contributed by atoms with van der Waals surface area (Å²) in [6.07, 6.45) is -0.746. The van der Waals surface area contributed by atoms with E-state index >= 15 is 8.78 Å². The number of rotatable bonds is 6. The van der Waals surface area contributed by atoms with Crippen molar-refractivity contribution in [1.29, 1.82) is 0 Å². The van der Waals surface area contributed by atoms with E-state index < -0.39 is 47.0 Å². The number of anilines is 2. The molecule has 11 nitrogen and oxygen atoms in total. The third-order valence-corrected chi connectivity index (χ3v) is 9.63. The highest BCUT2D eigenvalue weighted by atomic mass is 35.5. The number of nitrogen functional groups attached to an aromatic ring is 1. The van der Waals surface area contributed by atoms with Gasteiger partial charge in [0.15, 0.2) is 5.82 Å². The van der Waals surface area contributed by atoms with Crippen molar-refractivity contribution in [2.45, 2.75) is 56.7 Å². The van der Waals surface area contributed by atoms with Gasteiger partial charge in [-0.3, -0.25) is 18.7 Å². The number of fused-ring (bicyclic) bond motifs is 2. The number of halogens is 6. The molecule has 1 spiro atoms. The van der Waals surface area contributed by atoms with Crippen molar-refractivity contribution < 1.29 is 36.3 Å². The summed E-state index contributed by atoms with van der Waals surface area (Å²) in [5, 5.41) is 5.99. The van der Waals surface area contributed by atoms with Crippen LogP contribution in [-0.2, 0) is 18.0 Å². The summed E-state index contributed by atoms with van der Waals surface area (Å²) in [5.74, 6) is -4.41. The summed E-state index contributed by atoms with van der Waals surface area (Å²) in [6, 6.07) is 2.32. The van der Waals surface area contributed by atoms with Crippen molar-refractivity contribution in [2.75, 3.05) is 24.2 Å². The Morgan fingerprint density at radius 2 is 1.96 bits per heavy atom. The topological polar surface area (TPSA) is 133 Å². The predicted octanol–water partition coefficient (Wildman–Crippen LogP) is 5.54. The number of carbonyl (C=O) groups excluding carboxylic acids is 2. The summed E-state index contributed by atoms with van der Waals surface area (Å²) >= 11 is 6.59. The molecule has 2 atom stereocenters. The van der Waals surface area contributed by atoms with E-state index in [1.54, 1.807) is 17.5 Å². The first-order valence-electron chi connectivity index (χ1n) is 14.9. The Hall–Kier alpha value is -4.47. The number of nitrogens with two attached hydrogens (primary N) is 1. The Bertz CT molecular complexity index is 1950. The number of carbonyl (C=O) groups is 2. The fourth-order valence-electron chi connectivity index (χ4n) is 6.92. The SMILES string of the molecule is CCOc1cc(C(=O)Nc2cc(C(F)(F)F)n(C)n2)c(Cl)cc1-c1nc([C@@H]2CC[C@@H]3N(C2)C(=O)C2(CC2)C3(F)F)n2ccnc(N)c12. The molecule has 0 unspecified atom stereocenters. The standard InChI is InChI=1S/C30H28ClF5N8O3/c1-3-47-18-11-15(26(45)39-21-12-20(30(34,35)36)42(2)41-21)17(31)10-16(18)22-23-24(37)38-8-9-43(23)25(40-22)14-4-5-19-29(32,33)28(6-7-28)27(46)44(19)13-14/h8-12,14,19H,3-7,13H2,1-2H3,(H2,37,38)(H,39,41,45)/t14-,19+/m1/s1. The second kappa shape index (κ2) is 10.5. The Kier molecular flexibility index (Phi) is 6.97. The van der Waals surface area contributed by atoms with Gasteiger partial charge in [-0.2, -0.15) is 18.3 Å². The molecule has 248 valence electrons. The lowest BCUT2D eigenvalue weighted by atomic mass is 9.89. The number of nitrogens with zero attached hydrogens (tertiary/aromatic N) is 6. The maximum absolute atomic E-state index is 15.3. The van der Waals surface area contributed by atoms with E-state index in [2.05, 4.69) is 15.4 Å². The predicted molar refractivity (Wildman–Crippen MR) is 159 cm³/mol. The van der Waals surface area contributed by atoms with Gasteiger partial charge in [0.2, 0.25) is 5.91 Å². The van der Waals surface area contributed by atoms with E-state index in [1.807, 2.05) is 0 Å². The molecule has 0 radical (unpaired) electrons. The molecule has 3 fully saturated rings. The van der Waals surface area contributed by atoms with Crippen molar-refractivity contribution in [3.63, 3.8) is 0 Å². The second-order valence-electron chi connectivity index (χ2n) is 12.1. The molecule has 3 aromatic heterocycles. The van der Waals surface area contributed by atoms with Crippen LogP contribution >= 0.6 is 11.6 Å². The molecule has 1 aliphatic carbocycles. The zero-order valence-electron chi connectivity index (χ0n) is 25.0. The first-order valence-corrected chi connectivity index (χ1v) is 15.3. The van der Waals surface area contributed by atoms with Gasteiger partial charge in [-0.15, -0.1) is 0 Å². The zero-order valence-corrected chi connectivity index (χ0v) is 25.8. The van der Waals surface area contributed by atoms with Gasteiger partial charge in [-0.25, -0.2) is 18.7 Å². The van der Waals surface area contributed by atoms with E-state index in [1.165, 1.54) is 23.2 Å². The number of imidazole rings is 1. The maximum Gasteiger partial charge on any atom is 0.433 e. The second-order valence-corrected chi connectivity index (χ2v) is 12.5. The lowest BCUT2D eigenvalue weighted by molar-refractivity contribution is -0.143. The van der Waals surface area contributed by atoms with Gasteiger partial charge >= 0.3 is 6.18 Å². The molecule has 2 aliphatic heterocycles. The highest BCUT2D eigenvalue weighted by molar-refractivity contribution is 6.35. The largest absolute Gasteiger partial charge is 0.493 e. The van der Waals surface area contributed by atoms with Gasteiger partial charge in [0, 0.05) is 43.5 Å². The lowest BCUT2D eigenvalue weighted by Crippen LogP contribution is -2.46. The molecule has 2 saturated heterocycles. The van der Waals surface area contributed by atoms with Crippen molar-refractivity contribution >= 4 is 40.6 Å². The molecule has 1 saturated carbocycles. The van der Waals surface area contributed by atoms with Crippen LogP contribution < -0.4 is 15.8 Å². The zero-order chi connectivity index (χ0) is 33.6. The van der Waals surface area contributed by atoms with Gasteiger partial charge in [-0.1, -0.05) is 11.6 Å². The summed E-state index contributed by atoms with van der Waals surface area (Å²) < 4.78 is 78.4. The van der Waals surface area contributed by atoms with Crippen molar-refractivity contribution in [3.8, 4) is 17.0 Å². The number of amides is 2. The monoisotopic (exact) mass is 678 g/mol. The Morgan fingerprint density at radius 3 is 2.62 bits per heavy atom. The third-order valence-electron chi connectivity index (χ3n) is 9.31. The average molecular weight is 679 g/mol. The van der Waals surface area contributed by atoms with E-state index in [-0.39, 0.29) is 60.4 Å². The van der Waals surface area contributed by atoms with Crippen LogP contribution in [0.15, 0.2) is 30.6 Å². The van der Waals surface area contributed by atoms with E-state index in [9.17, 15) is 22.8 Å². The Morgan fingerprint density at radius 1 is 1.21 bits per heavy atom. The normalized spacial score (nSPS) is 21.4. The molecule has 47 heavy (non-hydrogen) atoms. The average Bonchev–Trinajstić information content (AvgIpc) is 3.58. The van der Waals surface area contributed by atoms with E-state index in [4.69, 9.17) is 27.1 Å². The van der Waals surface area contributed by atoms with Crippen molar-refractivity contribution in [2.24, 2.45) is 12.5 Å². The van der Waals surface area contributed by atoms with E-state index in [0.717, 1.165) is 7.05 Å². The molecule has 3 N–H and O–H groups in total.